The van der Waals surface area contributed by atoms with Crippen LogP contribution in [0, 0.1) is 0 Å². The van der Waals surface area contributed by atoms with Crippen LogP contribution in [0.4, 0.5) is 0 Å². The van der Waals surface area contributed by atoms with Crippen molar-refractivity contribution in [3.05, 3.63) is 60.4 Å². The Kier molecular flexibility index (Phi) is 6.19. The Morgan fingerprint density at radius 3 is 2.29 bits per heavy atom. The van der Waals surface area contributed by atoms with Crippen molar-refractivity contribution < 1.29 is 21.6 Å². The van der Waals surface area contributed by atoms with Gasteiger partial charge in [-0.2, -0.15) is 0 Å². The van der Waals surface area contributed by atoms with Crippen molar-refractivity contribution in [3.63, 3.8) is 0 Å². The highest BCUT2D eigenvalue weighted by Gasteiger charge is 2.15. The second-order valence-electron chi connectivity index (χ2n) is 5.97. The van der Waals surface area contributed by atoms with Gasteiger partial charge in [0.2, 0.25) is 20.9 Å². The van der Waals surface area contributed by atoms with Gasteiger partial charge in [-0.3, -0.25) is 9.97 Å². The third-order valence-electron chi connectivity index (χ3n) is 3.91. The summed E-state index contributed by atoms with van der Waals surface area (Å²) in [5.41, 5.74) is 2.04. The van der Waals surface area contributed by atoms with E-state index in [0.717, 1.165) is 5.52 Å². The minimum Gasteiger partial charge on any atom is -0.457 e. The fraction of sp³-hybridized carbons (Fsp3) is 0.176. The summed E-state index contributed by atoms with van der Waals surface area (Å²) in [6.07, 6.45) is 3.22. The van der Waals surface area contributed by atoms with Gasteiger partial charge in [-0.15, -0.1) is 0 Å². The summed E-state index contributed by atoms with van der Waals surface area (Å²) >= 11 is 0. The quantitative estimate of drug-likeness (QED) is 0.464. The molecule has 1 heterocycles. The molecule has 0 fully saturated rings. The first-order valence-corrected chi connectivity index (χ1v) is 11.1. The van der Waals surface area contributed by atoms with Crippen LogP contribution in [-0.2, 0) is 20.9 Å². The van der Waals surface area contributed by atoms with Gasteiger partial charge in [0, 0.05) is 24.5 Å². The van der Waals surface area contributed by atoms with E-state index in [0.29, 0.717) is 22.6 Å². The van der Waals surface area contributed by atoms with E-state index >= 15 is 0 Å². The molecule has 0 aliphatic rings. The van der Waals surface area contributed by atoms with Gasteiger partial charge < -0.3 is 4.74 Å². The molecule has 0 aliphatic heterocycles. The zero-order valence-electron chi connectivity index (χ0n) is 14.6. The Bertz CT molecular complexity index is 1140. The van der Waals surface area contributed by atoms with Gasteiger partial charge in [-0.1, -0.05) is 12.1 Å². The number of ether oxygens (including phenoxy) is 1. The van der Waals surface area contributed by atoms with Crippen LogP contribution in [0.15, 0.2) is 54.9 Å². The molecule has 11 heteroatoms. The fourth-order valence-electron chi connectivity index (χ4n) is 2.63. The van der Waals surface area contributed by atoms with E-state index in [1.807, 2.05) is 0 Å². The summed E-state index contributed by atoms with van der Waals surface area (Å²) < 4.78 is 52.5. The van der Waals surface area contributed by atoms with Gasteiger partial charge in [0.05, 0.1) is 16.8 Å². The zero-order valence-corrected chi connectivity index (χ0v) is 16.3. The second-order valence-corrected chi connectivity index (χ2v) is 8.48. The maximum Gasteiger partial charge on any atom is 0.209 e. The number of rotatable bonds is 8. The first-order chi connectivity index (χ1) is 13.3. The van der Waals surface area contributed by atoms with Crippen LogP contribution in [-0.4, -0.2) is 32.6 Å². The summed E-state index contributed by atoms with van der Waals surface area (Å²) in [6, 6.07) is 11.3. The maximum absolute atomic E-state index is 11.2. The molecule has 1 aromatic heterocycles. The number of hydrogen-bond acceptors (Lipinski definition) is 7. The third-order valence-corrected chi connectivity index (χ3v) is 5.24. The molecule has 0 radical (unpaired) electrons. The van der Waals surface area contributed by atoms with Gasteiger partial charge in [-0.25, -0.2) is 26.7 Å². The van der Waals surface area contributed by atoms with E-state index in [-0.39, 0.29) is 12.2 Å². The standard InChI is InChI=1S/C17H18N4O5S2/c18-28(24,25)10-7-15(21-27(22)23)12-1-3-13(4-2-12)26-14-5-6-16-17(11-14)20-9-8-19-16/h1-6,8-9,11,15,27H,7,10H2,(H2,18,24,25)(H,21,22,23). The Labute approximate surface area is 163 Å². The predicted molar refractivity (Wildman–Crippen MR) is 105 cm³/mol. The second kappa shape index (κ2) is 8.61. The van der Waals surface area contributed by atoms with Crippen molar-refractivity contribution >= 4 is 31.9 Å². The van der Waals surface area contributed by atoms with E-state index in [1.54, 1.807) is 54.9 Å². The zero-order chi connectivity index (χ0) is 20.1. The molecule has 1 atom stereocenters. The summed E-state index contributed by atoms with van der Waals surface area (Å²) in [7, 11) is -6.61. The first kappa shape index (κ1) is 20.1. The lowest BCUT2D eigenvalue weighted by atomic mass is 10.1. The highest BCUT2D eigenvalue weighted by molar-refractivity contribution is 7.89. The highest BCUT2D eigenvalue weighted by atomic mass is 32.2. The fourth-order valence-corrected chi connectivity index (χ4v) is 3.72. The minimum atomic E-state index is -3.70. The molecule has 0 aliphatic carbocycles. The van der Waals surface area contributed by atoms with E-state index in [2.05, 4.69) is 14.7 Å². The van der Waals surface area contributed by atoms with Crippen molar-refractivity contribution in [1.82, 2.24) is 14.7 Å². The molecular formula is C17H18N4O5S2. The van der Waals surface area contributed by atoms with Crippen LogP contribution in [0.1, 0.15) is 18.0 Å². The van der Waals surface area contributed by atoms with Crippen molar-refractivity contribution in [2.24, 2.45) is 5.14 Å². The first-order valence-electron chi connectivity index (χ1n) is 8.20. The van der Waals surface area contributed by atoms with E-state index in [1.165, 1.54) is 0 Å². The number of fused-ring (bicyclic) bond motifs is 1. The number of benzene rings is 2. The number of sulfonamides is 1. The lowest BCUT2D eigenvalue weighted by Crippen LogP contribution is -2.25. The number of nitrogens with one attached hydrogen (secondary N) is 1. The Hall–Kier alpha value is -2.60. The molecule has 0 saturated carbocycles. The molecule has 2 aromatic carbocycles. The Morgan fingerprint density at radius 1 is 1.00 bits per heavy atom. The Morgan fingerprint density at radius 2 is 1.64 bits per heavy atom. The SMILES string of the molecule is NS(=O)(=O)CCC(N[SH](=O)=O)c1ccc(Oc2ccc3nccnc3c2)cc1. The van der Waals surface area contributed by atoms with Crippen molar-refractivity contribution in [2.75, 3.05) is 5.75 Å². The van der Waals surface area contributed by atoms with Crippen LogP contribution in [0.25, 0.3) is 11.0 Å². The number of nitrogens with two attached hydrogens (primary N) is 1. The third kappa shape index (κ3) is 5.70. The largest absolute Gasteiger partial charge is 0.457 e. The maximum atomic E-state index is 11.2. The molecule has 3 rings (SSSR count). The average molecular weight is 422 g/mol. The van der Waals surface area contributed by atoms with E-state index < -0.39 is 27.0 Å². The molecule has 0 spiro atoms. The normalized spacial score (nSPS) is 12.9. The molecule has 3 aromatic rings. The number of primary sulfonamides is 1. The summed E-state index contributed by atoms with van der Waals surface area (Å²) in [5, 5.41) is 5.01. The molecule has 1 unspecified atom stereocenters. The van der Waals surface area contributed by atoms with Crippen molar-refractivity contribution in [1.29, 1.82) is 0 Å². The lowest BCUT2D eigenvalue weighted by molar-refractivity contribution is 0.482. The minimum absolute atomic E-state index is 0.0195. The predicted octanol–water partition coefficient (Wildman–Crippen LogP) is 1.26. The molecule has 148 valence electrons. The van der Waals surface area contributed by atoms with Crippen LogP contribution < -0.4 is 14.6 Å². The average Bonchev–Trinajstić information content (AvgIpc) is 2.65. The van der Waals surface area contributed by atoms with Gasteiger partial charge in [0.1, 0.15) is 11.5 Å². The topological polar surface area (TPSA) is 141 Å². The molecule has 28 heavy (non-hydrogen) atoms. The van der Waals surface area contributed by atoms with Crippen LogP contribution in [0.2, 0.25) is 0 Å². The number of hydrogen-bond donors (Lipinski definition) is 3. The summed E-state index contributed by atoms with van der Waals surface area (Å²) in [6.45, 7) is 0. The summed E-state index contributed by atoms with van der Waals surface area (Å²) in [4.78, 5) is 8.41. The lowest BCUT2D eigenvalue weighted by Gasteiger charge is -2.16. The highest BCUT2D eigenvalue weighted by Crippen LogP contribution is 2.26. The Balaban J connectivity index is 1.75. The van der Waals surface area contributed by atoms with Gasteiger partial charge >= 0.3 is 0 Å². The van der Waals surface area contributed by atoms with E-state index in [4.69, 9.17) is 9.88 Å². The van der Waals surface area contributed by atoms with Gasteiger partial charge in [-0.05, 0) is 36.2 Å². The van der Waals surface area contributed by atoms with Gasteiger partial charge in [0.15, 0.2) is 0 Å². The smallest absolute Gasteiger partial charge is 0.209 e. The molecule has 0 amide bonds. The molecule has 0 bridgehead atoms. The molecule has 9 nitrogen and oxygen atoms in total. The monoisotopic (exact) mass is 422 g/mol. The number of aromatic nitrogens is 2. The number of thiol groups is 1. The summed E-state index contributed by atoms with van der Waals surface area (Å²) in [5.74, 6) is 0.764. The van der Waals surface area contributed by atoms with Crippen molar-refractivity contribution in [3.8, 4) is 11.5 Å². The van der Waals surface area contributed by atoms with Crippen molar-refractivity contribution in [2.45, 2.75) is 12.5 Å². The molecule has 3 N–H and O–H groups in total. The van der Waals surface area contributed by atoms with Crippen LogP contribution in [0.5, 0.6) is 11.5 Å². The van der Waals surface area contributed by atoms with Crippen LogP contribution >= 0.6 is 0 Å². The molecular weight excluding hydrogens is 404 g/mol. The van der Waals surface area contributed by atoms with Gasteiger partial charge in [0.25, 0.3) is 0 Å². The van der Waals surface area contributed by atoms with Crippen LogP contribution in [0.3, 0.4) is 0 Å². The molecule has 0 saturated heterocycles. The number of nitrogens with zero attached hydrogens (tertiary/aromatic N) is 2. The van der Waals surface area contributed by atoms with E-state index in [9.17, 15) is 16.8 Å².